The molecule has 0 atom stereocenters. The van der Waals surface area contributed by atoms with E-state index < -0.39 is 4.92 Å². The molecule has 0 saturated carbocycles. The Labute approximate surface area is 116 Å². The lowest BCUT2D eigenvalue weighted by molar-refractivity contribution is -0.384. The third kappa shape index (κ3) is 2.34. The maximum Gasteiger partial charge on any atom is 0.269 e. The van der Waals surface area contributed by atoms with E-state index >= 15 is 0 Å². The van der Waals surface area contributed by atoms with Crippen molar-refractivity contribution in [1.29, 1.82) is 0 Å². The Kier molecular flexibility index (Phi) is 3.21. The molecule has 0 spiro atoms. The summed E-state index contributed by atoms with van der Waals surface area (Å²) in [5.74, 6) is 0.371. The first-order chi connectivity index (χ1) is 9.21. The second-order valence-corrected chi connectivity index (χ2v) is 5.71. The summed E-state index contributed by atoms with van der Waals surface area (Å²) in [6, 6.07) is 4.63. The van der Waals surface area contributed by atoms with Gasteiger partial charge in [0.1, 0.15) is 0 Å². The number of hydrogen-bond acceptors (Lipinski definition) is 5. The molecule has 106 valence electrons. The zero-order chi connectivity index (χ0) is 15.1. The molecule has 0 aliphatic rings. The van der Waals surface area contributed by atoms with Crippen LogP contribution in [0, 0.1) is 17.0 Å². The van der Waals surface area contributed by atoms with Crippen LogP contribution in [0.5, 0.6) is 0 Å². The van der Waals surface area contributed by atoms with E-state index in [-0.39, 0.29) is 11.1 Å². The maximum absolute atomic E-state index is 10.8. The Morgan fingerprint density at radius 3 is 2.50 bits per heavy atom. The Hall–Kier alpha value is -2.44. The number of nitrogen functional groups attached to an aromatic ring is 1. The monoisotopic (exact) mass is 275 g/mol. The summed E-state index contributed by atoms with van der Waals surface area (Å²) in [6.07, 6.45) is 0. The van der Waals surface area contributed by atoms with Gasteiger partial charge in [-0.3, -0.25) is 10.1 Å². The number of rotatable bonds is 2. The van der Waals surface area contributed by atoms with E-state index in [1.54, 1.807) is 17.7 Å². The third-order valence-electron chi connectivity index (χ3n) is 3.03. The number of benzene rings is 1. The molecule has 1 aromatic carbocycles. The van der Waals surface area contributed by atoms with Crippen LogP contribution in [0.15, 0.2) is 18.2 Å². The smallest absolute Gasteiger partial charge is 0.269 e. The van der Waals surface area contributed by atoms with Gasteiger partial charge in [-0.2, -0.15) is 0 Å². The molecule has 7 heteroatoms. The number of aryl methyl sites for hydroxylation is 1. The second kappa shape index (κ2) is 4.59. The highest BCUT2D eigenvalue weighted by atomic mass is 16.6. The first-order valence-electron chi connectivity index (χ1n) is 6.19. The minimum absolute atomic E-state index is 0.0524. The van der Waals surface area contributed by atoms with Gasteiger partial charge in [0.15, 0.2) is 5.82 Å². The summed E-state index contributed by atoms with van der Waals surface area (Å²) in [4.78, 5) is 10.4. The molecule has 0 amide bonds. The minimum atomic E-state index is -0.419. The summed E-state index contributed by atoms with van der Waals surface area (Å²) in [5.41, 5.74) is 7.98. The summed E-state index contributed by atoms with van der Waals surface area (Å²) in [5, 5.41) is 18.8. The molecular formula is C13H17N5O2. The summed E-state index contributed by atoms with van der Waals surface area (Å²) in [6.45, 7) is 7.84. The Morgan fingerprint density at radius 1 is 1.35 bits per heavy atom. The van der Waals surface area contributed by atoms with Crippen LogP contribution >= 0.6 is 0 Å². The summed E-state index contributed by atoms with van der Waals surface area (Å²) < 4.78 is 1.65. The van der Waals surface area contributed by atoms with E-state index in [1.165, 1.54) is 12.1 Å². The molecule has 0 aliphatic heterocycles. The standard InChI is InChI=1S/C13H17N5O2/c1-8-7-9(18(19)20)5-6-10(8)17-11(13(2,3)4)12(14)15-16-17/h5-7H,14H2,1-4H3. The molecule has 2 N–H and O–H groups in total. The van der Waals surface area contributed by atoms with Gasteiger partial charge in [-0.15, -0.1) is 5.10 Å². The van der Waals surface area contributed by atoms with Gasteiger partial charge in [-0.25, -0.2) is 4.68 Å². The number of nitrogens with zero attached hydrogens (tertiary/aromatic N) is 4. The van der Waals surface area contributed by atoms with Gasteiger partial charge in [0, 0.05) is 17.5 Å². The predicted octanol–water partition coefficient (Wildman–Crippen LogP) is 2.36. The molecule has 7 nitrogen and oxygen atoms in total. The largest absolute Gasteiger partial charge is 0.381 e. The molecule has 0 radical (unpaired) electrons. The van der Waals surface area contributed by atoms with Crippen molar-refractivity contribution in [2.75, 3.05) is 5.73 Å². The van der Waals surface area contributed by atoms with Crippen LogP contribution in [0.1, 0.15) is 32.0 Å². The molecule has 0 saturated heterocycles. The van der Waals surface area contributed by atoms with Gasteiger partial charge in [-0.1, -0.05) is 26.0 Å². The van der Waals surface area contributed by atoms with E-state index in [0.717, 1.165) is 16.9 Å². The number of nitro groups is 1. The average Bonchev–Trinajstić information content (AvgIpc) is 2.70. The van der Waals surface area contributed by atoms with Crippen molar-refractivity contribution in [3.63, 3.8) is 0 Å². The van der Waals surface area contributed by atoms with Crippen molar-refractivity contribution in [2.45, 2.75) is 33.1 Å². The number of aromatic nitrogens is 3. The van der Waals surface area contributed by atoms with Gasteiger partial charge >= 0.3 is 0 Å². The van der Waals surface area contributed by atoms with Crippen LogP contribution < -0.4 is 5.73 Å². The first-order valence-corrected chi connectivity index (χ1v) is 6.19. The molecule has 0 fully saturated rings. The fourth-order valence-corrected chi connectivity index (χ4v) is 2.15. The first kappa shape index (κ1) is 14.0. The Morgan fingerprint density at radius 2 is 2.00 bits per heavy atom. The maximum atomic E-state index is 10.8. The van der Waals surface area contributed by atoms with E-state index in [0.29, 0.717) is 5.82 Å². The summed E-state index contributed by atoms with van der Waals surface area (Å²) >= 11 is 0. The number of non-ortho nitro benzene ring substituents is 1. The number of nitrogens with two attached hydrogens (primary N) is 1. The molecule has 0 aliphatic carbocycles. The van der Waals surface area contributed by atoms with Gasteiger partial charge in [0.2, 0.25) is 0 Å². The van der Waals surface area contributed by atoms with Crippen LogP contribution in [0.2, 0.25) is 0 Å². The van der Waals surface area contributed by atoms with Gasteiger partial charge < -0.3 is 5.73 Å². The van der Waals surface area contributed by atoms with Crippen LogP contribution in [-0.4, -0.2) is 19.9 Å². The highest BCUT2D eigenvalue weighted by molar-refractivity contribution is 5.51. The van der Waals surface area contributed by atoms with Crippen LogP contribution in [0.25, 0.3) is 5.69 Å². The van der Waals surface area contributed by atoms with Gasteiger partial charge in [0.25, 0.3) is 5.69 Å². The Bertz CT molecular complexity index is 670. The molecule has 1 heterocycles. The topological polar surface area (TPSA) is 99.9 Å². The van der Waals surface area contributed by atoms with Crippen molar-refractivity contribution in [2.24, 2.45) is 0 Å². The lowest BCUT2D eigenvalue weighted by Crippen LogP contribution is -2.19. The van der Waals surface area contributed by atoms with Crippen molar-refractivity contribution < 1.29 is 4.92 Å². The third-order valence-corrected chi connectivity index (χ3v) is 3.03. The normalized spacial score (nSPS) is 11.6. The van der Waals surface area contributed by atoms with Crippen LogP contribution in [0.3, 0.4) is 0 Å². The molecule has 20 heavy (non-hydrogen) atoms. The quantitative estimate of drug-likeness (QED) is 0.669. The fourth-order valence-electron chi connectivity index (χ4n) is 2.15. The average molecular weight is 275 g/mol. The lowest BCUT2D eigenvalue weighted by atomic mass is 9.91. The molecule has 0 unspecified atom stereocenters. The zero-order valence-electron chi connectivity index (χ0n) is 11.9. The SMILES string of the molecule is Cc1cc([N+](=O)[O-])ccc1-n1nnc(N)c1C(C)(C)C. The van der Waals surface area contributed by atoms with Crippen molar-refractivity contribution in [1.82, 2.24) is 15.0 Å². The minimum Gasteiger partial charge on any atom is -0.381 e. The van der Waals surface area contributed by atoms with Crippen LogP contribution in [-0.2, 0) is 5.41 Å². The molecule has 2 rings (SSSR count). The number of anilines is 1. The molecule has 2 aromatic rings. The van der Waals surface area contributed by atoms with Crippen molar-refractivity contribution in [3.05, 3.63) is 39.6 Å². The molecule has 1 aromatic heterocycles. The van der Waals surface area contributed by atoms with E-state index in [2.05, 4.69) is 10.3 Å². The molecule has 0 bridgehead atoms. The predicted molar refractivity (Wildman–Crippen MR) is 75.9 cm³/mol. The fraction of sp³-hybridized carbons (Fsp3) is 0.385. The van der Waals surface area contributed by atoms with Gasteiger partial charge in [0.05, 0.1) is 16.3 Å². The lowest BCUT2D eigenvalue weighted by Gasteiger charge is -2.20. The van der Waals surface area contributed by atoms with Gasteiger partial charge in [-0.05, 0) is 18.6 Å². The van der Waals surface area contributed by atoms with E-state index in [9.17, 15) is 10.1 Å². The van der Waals surface area contributed by atoms with E-state index in [1.807, 2.05) is 20.8 Å². The molecular weight excluding hydrogens is 258 g/mol. The Balaban J connectivity index is 2.61. The highest BCUT2D eigenvalue weighted by Gasteiger charge is 2.25. The summed E-state index contributed by atoms with van der Waals surface area (Å²) in [7, 11) is 0. The van der Waals surface area contributed by atoms with Crippen molar-refractivity contribution in [3.8, 4) is 5.69 Å². The highest BCUT2D eigenvalue weighted by Crippen LogP contribution is 2.30. The van der Waals surface area contributed by atoms with Crippen LogP contribution in [0.4, 0.5) is 11.5 Å². The number of nitro benzene ring substituents is 1. The number of hydrogen-bond donors (Lipinski definition) is 1. The zero-order valence-corrected chi connectivity index (χ0v) is 11.9. The van der Waals surface area contributed by atoms with Crippen molar-refractivity contribution >= 4 is 11.5 Å². The van der Waals surface area contributed by atoms with E-state index in [4.69, 9.17) is 5.73 Å². The second-order valence-electron chi connectivity index (χ2n) is 5.71.